The van der Waals surface area contributed by atoms with E-state index in [1.165, 1.54) is 0 Å². The molecule has 1 fully saturated rings. The van der Waals surface area contributed by atoms with Crippen molar-refractivity contribution < 1.29 is 9.53 Å². The van der Waals surface area contributed by atoms with E-state index in [2.05, 4.69) is 35.7 Å². The summed E-state index contributed by atoms with van der Waals surface area (Å²) >= 11 is 6.19. The highest BCUT2D eigenvalue weighted by molar-refractivity contribution is 6.30. The number of aromatic amines is 1. The molecule has 0 saturated carbocycles. The molecule has 1 aromatic carbocycles. The van der Waals surface area contributed by atoms with Crippen molar-refractivity contribution in [1.29, 1.82) is 0 Å². The van der Waals surface area contributed by atoms with Crippen molar-refractivity contribution >= 4 is 29.4 Å². The van der Waals surface area contributed by atoms with Crippen molar-refractivity contribution in [3.8, 4) is 11.4 Å². The molecule has 3 aromatic rings. The summed E-state index contributed by atoms with van der Waals surface area (Å²) in [6.07, 6.45) is 2.21. The van der Waals surface area contributed by atoms with Gasteiger partial charge in [-0.05, 0) is 48.4 Å². The molecule has 0 spiro atoms. The van der Waals surface area contributed by atoms with Crippen LogP contribution in [-0.2, 0) is 4.79 Å². The molecule has 1 aliphatic heterocycles. The second kappa shape index (κ2) is 8.93. The number of amides is 1. The molecule has 1 saturated heterocycles. The van der Waals surface area contributed by atoms with E-state index in [0.29, 0.717) is 40.7 Å². The van der Waals surface area contributed by atoms with Crippen LogP contribution in [0.15, 0.2) is 18.2 Å². The number of tetrazole rings is 1. The molecule has 3 heterocycles. The standard InChI is InChI=1S/C20H25ClN8O2/c1-4-17(30)23-19-22-12(2)18(24-19)13-7-9-28(10-8-13)20-25-26-27-29(20)15-11-14(21)5-6-16(15)31-3/h5-6,11,13H,4,7-10H2,1-3H3,(H2,22,23,24,30). The average Bonchev–Trinajstić information content (AvgIpc) is 3.40. The third-order valence-corrected chi connectivity index (χ3v) is 5.72. The van der Waals surface area contributed by atoms with Crippen molar-refractivity contribution in [2.24, 2.45) is 0 Å². The van der Waals surface area contributed by atoms with E-state index in [1.807, 2.05) is 13.8 Å². The molecule has 2 aromatic heterocycles. The first-order valence-corrected chi connectivity index (χ1v) is 10.6. The largest absolute Gasteiger partial charge is 0.494 e. The van der Waals surface area contributed by atoms with Gasteiger partial charge in [-0.25, -0.2) is 4.98 Å². The van der Waals surface area contributed by atoms with Crippen LogP contribution in [0.5, 0.6) is 5.75 Å². The summed E-state index contributed by atoms with van der Waals surface area (Å²) < 4.78 is 7.11. The Balaban J connectivity index is 1.49. The van der Waals surface area contributed by atoms with Gasteiger partial charge in [0.25, 0.3) is 0 Å². The van der Waals surface area contributed by atoms with Gasteiger partial charge in [-0.3, -0.25) is 10.1 Å². The van der Waals surface area contributed by atoms with E-state index in [4.69, 9.17) is 16.3 Å². The number of aromatic nitrogens is 6. The predicted molar refractivity (Wildman–Crippen MR) is 117 cm³/mol. The number of benzene rings is 1. The van der Waals surface area contributed by atoms with Crippen LogP contribution in [0.1, 0.15) is 43.5 Å². The number of nitrogens with one attached hydrogen (secondary N) is 2. The molecular formula is C20H25ClN8O2. The lowest BCUT2D eigenvalue weighted by Crippen LogP contribution is -2.35. The summed E-state index contributed by atoms with van der Waals surface area (Å²) in [5.41, 5.74) is 2.68. The summed E-state index contributed by atoms with van der Waals surface area (Å²) in [5, 5.41) is 15.7. The van der Waals surface area contributed by atoms with Crippen LogP contribution in [0.4, 0.5) is 11.9 Å². The second-order valence-electron chi connectivity index (χ2n) is 7.47. The van der Waals surface area contributed by atoms with Gasteiger partial charge in [0.15, 0.2) is 0 Å². The highest BCUT2D eigenvalue weighted by Gasteiger charge is 2.28. The first-order chi connectivity index (χ1) is 15.0. The molecule has 10 nitrogen and oxygen atoms in total. The van der Waals surface area contributed by atoms with Gasteiger partial charge in [-0.1, -0.05) is 23.6 Å². The van der Waals surface area contributed by atoms with Crippen molar-refractivity contribution in [2.45, 2.75) is 39.0 Å². The Morgan fingerprint density at radius 1 is 1.35 bits per heavy atom. The molecule has 0 atom stereocenters. The topological polar surface area (TPSA) is 114 Å². The van der Waals surface area contributed by atoms with Gasteiger partial charge in [0.2, 0.25) is 17.8 Å². The number of imidazole rings is 1. The van der Waals surface area contributed by atoms with E-state index >= 15 is 0 Å². The fourth-order valence-electron chi connectivity index (χ4n) is 3.87. The maximum Gasteiger partial charge on any atom is 0.250 e. The molecule has 0 bridgehead atoms. The van der Waals surface area contributed by atoms with E-state index in [1.54, 1.807) is 30.0 Å². The quantitative estimate of drug-likeness (QED) is 0.600. The molecular weight excluding hydrogens is 420 g/mol. The number of aryl methyl sites for hydroxylation is 1. The van der Waals surface area contributed by atoms with Crippen molar-refractivity contribution in [2.75, 3.05) is 30.4 Å². The first-order valence-electron chi connectivity index (χ1n) is 10.2. The number of halogens is 1. The van der Waals surface area contributed by atoms with Gasteiger partial charge in [-0.15, -0.1) is 0 Å². The number of carbonyl (C=O) groups excluding carboxylic acids is 1. The number of nitrogens with zero attached hydrogens (tertiary/aromatic N) is 6. The van der Waals surface area contributed by atoms with Gasteiger partial charge in [-0.2, -0.15) is 4.68 Å². The lowest BCUT2D eigenvalue weighted by atomic mass is 9.93. The van der Waals surface area contributed by atoms with Crippen molar-refractivity contribution in [3.05, 3.63) is 34.6 Å². The van der Waals surface area contributed by atoms with Crippen LogP contribution >= 0.6 is 11.6 Å². The fraction of sp³-hybridized carbons (Fsp3) is 0.450. The molecule has 1 aliphatic rings. The molecule has 0 unspecified atom stereocenters. The Labute approximate surface area is 184 Å². The van der Waals surface area contributed by atoms with Crippen LogP contribution in [0.3, 0.4) is 0 Å². The monoisotopic (exact) mass is 444 g/mol. The molecule has 1 amide bonds. The number of piperidine rings is 1. The van der Waals surface area contributed by atoms with Gasteiger partial charge in [0.1, 0.15) is 11.4 Å². The zero-order valence-corrected chi connectivity index (χ0v) is 18.5. The van der Waals surface area contributed by atoms with E-state index < -0.39 is 0 Å². The van der Waals surface area contributed by atoms with E-state index in [-0.39, 0.29) is 5.91 Å². The van der Waals surface area contributed by atoms with Gasteiger partial charge in [0, 0.05) is 36.1 Å². The second-order valence-corrected chi connectivity index (χ2v) is 7.90. The Bertz CT molecular complexity index is 1070. The third kappa shape index (κ3) is 4.34. The smallest absolute Gasteiger partial charge is 0.250 e. The van der Waals surface area contributed by atoms with Crippen LogP contribution in [-0.4, -0.2) is 56.3 Å². The normalized spacial score (nSPS) is 14.6. The maximum absolute atomic E-state index is 11.7. The first kappa shape index (κ1) is 21.1. The van der Waals surface area contributed by atoms with Crippen molar-refractivity contribution in [1.82, 2.24) is 30.2 Å². The minimum atomic E-state index is -0.0570. The number of ether oxygens (including phenoxy) is 1. The number of carbonyl (C=O) groups is 1. The zero-order chi connectivity index (χ0) is 22.0. The van der Waals surface area contributed by atoms with Crippen LogP contribution in [0.25, 0.3) is 5.69 Å². The molecule has 164 valence electrons. The minimum Gasteiger partial charge on any atom is -0.494 e. The number of hydrogen-bond donors (Lipinski definition) is 2. The molecule has 4 rings (SSSR count). The Morgan fingerprint density at radius 3 is 2.84 bits per heavy atom. The summed E-state index contributed by atoms with van der Waals surface area (Å²) in [7, 11) is 1.60. The number of H-pyrrole nitrogens is 1. The predicted octanol–water partition coefficient (Wildman–Crippen LogP) is 3.09. The fourth-order valence-corrected chi connectivity index (χ4v) is 4.03. The van der Waals surface area contributed by atoms with Gasteiger partial charge in [0.05, 0.1) is 12.8 Å². The van der Waals surface area contributed by atoms with Gasteiger partial charge >= 0.3 is 0 Å². The summed E-state index contributed by atoms with van der Waals surface area (Å²) in [4.78, 5) is 21.6. The minimum absolute atomic E-state index is 0.0570. The lowest BCUT2D eigenvalue weighted by molar-refractivity contribution is -0.115. The zero-order valence-electron chi connectivity index (χ0n) is 17.7. The maximum atomic E-state index is 11.7. The number of methoxy groups -OCH3 is 1. The van der Waals surface area contributed by atoms with Crippen LogP contribution in [0, 0.1) is 6.92 Å². The van der Waals surface area contributed by atoms with Crippen molar-refractivity contribution in [3.63, 3.8) is 0 Å². The Hall–Kier alpha value is -3.14. The molecule has 0 aliphatic carbocycles. The Morgan fingerprint density at radius 2 is 2.13 bits per heavy atom. The molecule has 2 N–H and O–H groups in total. The summed E-state index contributed by atoms with van der Waals surface area (Å²) in [5.74, 6) is 2.04. The molecule has 11 heteroatoms. The average molecular weight is 445 g/mol. The lowest BCUT2D eigenvalue weighted by Gasteiger charge is -2.31. The summed E-state index contributed by atoms with van der Waals surface area (Å²) in [6, 6.07) is 5.35. The van der Waals surface area contributed by atoms with E-state index in [9.17, 15) is 4.79 Å². The summed E-state index contributed by atoms with van der Waals surface area (Å²) in [6.45, 7) is 5.35. The number of hydrogen-bond acceptors (Lipinski definition) is 7. The SMILES string of the molecule is CCC(=O)Nc1nc(C2CCN(c3nnnn3-c3cc(Cl)ccc3OC)CC2)c(C)[nH]1. The number of anilines is 2. The Kier molecular flexibility index (Phi) is 6.08. The third-order valence-electron chi connectivity index (χ3n) is 5.49. The number of rotatable bonds is 6. The highest BCUT2D eigenvalue weighted by Crippen LogP contribution is 2.33. The van der Waals surface area contributed by atoms with E-state index in [0.717, 1.165) is 37.3 Å². The molecule has 31 heavy (non-hydrogen) atoms. The van der Waals surface area contributed by atoms with Gasteiger partial charge < -0.3 is 14.6 Å². The highest BCUT2D eigenvalue weighted by atomic mass is 35.5. The van der Waals surface area contributed by atoms with Crippen LogP contribution < -0.4 is 15.0 Å². The van der Waals surface area contributed by atoms with Crippen LogP contribution in [0.2, 0.25) is 5.02 Å². The molecule has 0 radical (unpaired) electrons.